The van der Waals surface area contributed by atoms with Crippen LogP contribution in [-0.4, -0.2) is 35.8 Å². The minimum atomic E-state index is 0.238. The van der Waals surface area contributed by atoms with Crippen LogP contribution in [0.4, 0.5) is 0 Å². The molecule has 3 rings (SSSR count). The van der Waals surface area contributed by atoms with Crippen molar-refractivity contribution in [2.75, 3.05) is 19.7 Å². The van der Waals surface area contributed by atoms with Crippen LogP contribution in [0, 0.1) is 0 Å². The monoisotopic (exact) mass is 291 g/mol. The summed E-state index contributed by atoms with van der Waals surface area (Å²) >= 11 is 6.33. The van der Waals surface area contributed by atoms with Gasteiger partial charge in [-0.25, -0.2) is 0 Å². The second-order valence-electron chi connectivity index (χ2n) is 5.33. The van der Waals surface area contributed by atoms with Gasteiger partial charge < -0.3 is 9.84 Å². The maximum atomic E-state index is 10.5. The lowest BCUT2D eigenvalue weighted by Crippen LogP contribution is -2.40. The van der Waals surface area contributed by atoms with Crippen molar-refractivity contribution in [3.05, 3.63) is 40.9 Å². The number of benzene rings is 2. The third-order valence-corrected chi connectivity index (χ3v) is 4.08. The fourth-order valence-corrected chi connectivity index (χ4v) is 3.06. The van der Waals surface area contributed by atoms with E-state index < -0.39 is 0 Å². The number of phenolic OH excluding ortho intramolecular Hbond substituents is 1. The molecule has 0 amide bonds. The van der Waals surface area contributed by atoms with Crippen molar-refractivity contribution in [3.63, 3.8) is 0 Å². The van der Waals surface area contributed by atoms with E-state index in [0.29, 0.717) is 17.3 Å². The molecular formula is C16H18ClNO2. The van der Waals surface area contributed by atoms with Gasteiger partial charge >= 0.3 is 0 Å². The summed E-state index contributed by atoms with van der Waals surface area (Å²) in [5, 5.41) is 12.9. The van der Waals surface area contributed by atoms with Crippen molar-refractivity contribution in [2.45, 2.75) is 19.6 Å². The number of phenols is 1. The summed E-state index contributed by atoms with van der Waals surface area (Å²) in [5.74, 6) is 0.337. The zero-order chi connectivity index (χ0) is 14.1. The van der Waals surface area contributed by atoms with E-state index in [1.165, 1.54) is 0 Å². The first kappa shape index (κ1) is 13.7. The number of hydrogen-bond acceptors (Lipinski definition) is 3. The molecular weight excluding hydrogens is 274 g/mol. The van der Waals surface area contributed by atoms with Gasteiger partial charge in [0.2, 0.25) is 0 Å². The summed E-state index contributed by atoms with van der Waals surface area (Å²) in [5.41, 5.74) is 0.878. The molecule has 20 heavy (non-hydrogen) atoms. The molecule has 0 aromatic heterocycles. The van der Waals surface area contributed by atoms with Gasteiger partial charge in [0.15, 0.2) is 0 Å². The molecule has 2 aromatic rings. The second kappa shape index (κ2) is 5.60. The molecule has 2 aromatic carbocycles. The number of fused-ring (bicyclic) bond motifs is 1. The first-order chi connectivity index (χ1) is 9.65. The Morgan fingerprint density at radius 2 is 2.10 bits per heavy atom. The second-order valence-corrected chi connectivity index (χ2v) is 5.74. The standard InChI is InChI=1S/C16H18ClNO2/c1-11-9-18(6-7-20-11)10-12-8-15(17)13-4-2-3-5-14(13)16(12)19/h2-5,8,11,19H,6-7,9-10H2,1H3. The van der Waals surface area contributed by atoms with Crippen molar-refractivity contribution < 1.29 is 9.84 Å². The first-order valence-electron chi connectivity index (χ1n) is 6.88. The number of aromatic hydroxyl groups is 1. The highest BCUT2D eigenvalue weighted by Gasteiger charge is 2.19. The van der Waals surface area contributed by atoms with Gasteiger partial charge in [-0.15, -0.1) is 0 Å². The van der Waals surface area contributed by atoms with Crippen molar-refractivity contribution in [1.29, 1.82) is 0 Å². The van der Waals surface area contributed by atoms with E-state index in [4.69, 9.17) is 16.3 Å². The van der Waals surface area contributed by atoms with Crippen LogP contribution in [0.25, 0.3) is 10.8 Å². The fraction of sp³-hybridized carbons (Fsp3) is 0.375. The van der Waals surface area contributed by atoms with E-state index >= 15 is 0 Å². The third kappa shape index (κ3) is 2.62. The minimum absolute atomic E-state index is 0.238. The van der Waals surface area contributed by atoms with Gasteiger partial charge in [0.05, 0.1) is 12.7 Å². The van der Waals surface area contributed by atoms with Gasteiger partial charge in [-0.3, -0.25) is 4.90 Å². The smallest absolute Gasteiger partial charge is 0.127 e. The Bertz CT molecular complexity index is 629. The Morgan fingerprint density at radius 1 is 1.35 bits per heavy atom. The van der Waals surface area contributed by atoms with Gasteiger partial charge in [-0.1, -0.05) is 35.9 Å². The molecule has 1 unspecified atom stereocenters. The average Bonchev–Trinajstić information content (AvgIpc) is 2.45. The molecule has 0 radical (unpaired) electrons. The highest BCUT2D eigenvalue weighted by Crippen LogP contribution is 2.35. The van der Waals surface area contributed by atoms with E-state index in [0.717, 1.165) is 36.0 Å². The lowest BCUT2D eigenvalue weighted by molar-refractivity contribution is -0.0213. The Balaban J connectivity index is 1.93. The molecule has 1 saturated heterocycles. The van der Waals surface area contributed by atoms with E-state index in [1.54, 1.807) is 0 Å². The number of ether oxygens (including phenoxy) is 1. The molecule has 1 aliphatic heterocycles. The zero-order valence-corrected chi connectivity index (χ0v) is 12.2. The van der Waals surface area contributed by atoms with Gasteiger partial charge in [0.1, 0.15) is 5.75 Å². The molecule has 1 aliphatic rings. The van der Waals surface area contributed by atoms with Crippen LogP contribution in [-0.2, 0) is 11.3 Å². The Morgan fingerprint density at radius 3 is 2.85 bits per heavy atom. The highest BCUT2D eigenvalue weighted by molar-refractivity contribution is 6.35. The van der Waals surface area contributed by atoms with Crippen LogP contribution >= 0.6 is 11.6 Å². The van der Waals surface area contributed by atoms with Gasteiger partial charge in [-0.05, 0) is 13.0 Å². The third-order valence-electron chi connectivity index (χ3n) is 3.76. The SMILES string of the molecule is CC1CN(Cc2cc(Cl)c3ccccc3c2O)CCO1. The van der Waals surface area contributed by atoms with Crippen LogP contribution < -0.4 is 0 Å². The van der Waals surface area contributed by atoms with Crippen LogP contribution in [0.3, 0.4) is 0 Å². The maximum Gasteiger partial charge on any atom is 0.127 e. The van der Waals surface area contributed by atoms with Crippen molar-refractivity contribution in [3.8, 4) is 5.75 Å². The molecule has 1 heterocycles. The summed E-state index contributed by atoms with van der Waals surface area (Å²) < 4.78 is 5.54. The summed E-state index contributed by atoms with van der Waals surface area (Å²) in [4.78, 5) is 2.29. The van der Waals surface area contributed by atoms with Gasteiger partial charge in [0.25, 0.3) is 0 Å². The van der Waals surface area contributed by atoms with Gasteiger partial charge in [0, 0.05) is 41.0 Å². The predicted molar refractivity (Wildman–Crippen MR) is 81.3 cm³/mol. The van der Waals surface area contributed by atoms with Crippen molar-refractivity contribution >= 4 is 22.4 Å². The Kier molecular flexibility index (Phi) is 3.83. The number of hydrogen-bond donors (Lipinski definition) is 1. The van der Waals surface area contributed by atoms with E-state index in [2.05, 4.69) is 11.8 Å². The normalized spacial score (nSPS) is 20.4. The van der Waals surface area contributed by atoms with E-state index in [9.17, 15) is 5.11 Å². The molecule has 0 spiro atoms. The summed E-state index contributed by atoms with van der Waals surface area (Å²) in [6, 6.07) is 9.55. The zero-order valence-electron chi connectivity index (χ0n) is 11.5. The molecule has 106 valence electrons. The summed E-state index contributed by atoms with van der Waals surface area (Å²) in [6.07, 6.45) is 0.238. The number of rotatable bonds is 2. The van der Waals surface area contributed by atoms with E-state index in [1.807, 2.05) is 30.3 Å². The average molecular weight is 292 g/mol. The Labute approximate surface area is 123 Å². The molecule has 0 saturated carbocycles. The number of morpholine rings is 1. The van der Waals surface area contributed by atoms with Crippen molar-refractivity contribution in [1.82, 2.24) is 4.90 Å². The number of nitrogens with zero attached hydrogens (tertiary/aromatic N) is 1. The summed E-state index contributed by atoms with van der Waals surface area (Å²) in [7, 11) is 0. The molecule has 0 bridgehead atoms. The Hall–Kier alpha value is -1.29. The van der Waals surface area contributed by atoms with Gasteiger partial charge in [-0.2, -0.15) is 0 Å². The molecule has 0 aliphatic carbocycles. The highest BCUT2D eigenvalue weighted by atomic mass is 35.5. The molecule has 1 N–H and O–H groups in total. The largest absolute Gasteiger partial charge is 0.507 e. The lowest BCUT2D eigenvalue weighted by atomic mass is 10.0. The summed E-state index contributed by atoms with van der Waals surface area (Å²) in [6.45, 7) is 5.27. The predicted octanol–water partition coefficient (Wildman–Crippen LogP) is 3.42. The number of halogens is 1. The maximum absolute atomic E-state index is 10.5. The van der Waals surface area contributed by atoms with Crippen LogP contribution in [0.1, 0.15) is 12.5 Å². The lowest BCUT2D eigenvalue weighted by Gasteiger charge is -2.31. The van der Waals surface area contributed by atoms with E-state index in [-0.39, 0.29) is 6.10 Å². The topological polar surface area (TPSA) is 32.7 Å². The quantitative estimate of drug-likeness (QED) is 0.920. The molecule has 4 heteroatoms. The van der Waals surface area contributed by atoms with Crippen LogP contribution in [0.2, 0.25) is 5.02 Å². The molecule has 3 nitrogen and oxygen atoms in total. The van der Waals surface area contributed by atoms with Crippen LogP contribution in [0.5, 0.6) is 5.75 Å². The molecule has 1 fully saturated rings. The molecule has 1 atom stereocenters. The first-order valence-corrected chi connectivity index (χ1v) is 7.26. The minimum Gasteiger partial charge on any atom is -0.507 e. The fourth-order valence-electron chi connectivity index (χ4n) is 2.77. The van der Waals surface area contributed by atoms with Crippen LogP contribution in [0.15, 0.2) is 30.3 Å². The van der Waals surface area contributed by atoms with Crippen molar-refractivity contribution in [2.24, 2.45) is 0 Å².